The number of carbonyl (C=O) groups is 1. The van der Waals surface area contributed by atoms with Crippen LogP contribution in [-0.4, -0.2) is 26.1 Å². The van der Waals surface area contributed by atoms with Gasteiger partial charge < -0.3 is 4.74 Å². The van der Waals surface area contributed by atoms with Gasteiger partial charge in [0, 0.05) is 34.1 Å². The monoisotopic (exact) mass is 517 g/mol. The number of hydrogen-bond donors (Lipinski definition) is 0. The van der Waals surface area contributed by atoms with Crippen LogP contribution in [0.3, 0.4) is 0 Å². The van der Waals surface area contributed by atoms with Crippen LogP contribution >= 0.6 is 22.9 Å². The van der Waals surface area contributed by atoms with E-state index < -0.39 is 11.7 Å². The number of hydrogen-bond acceptors (Lipinski definition) is 5. The van der Waals surface area contributed by atoms with Crippen LogP contribution in [-0.2, 0) is 16.6 Å². The maximum absolute atomic E-state index is 12.9. The first-order valence-electron chi connectivity index (χ1n) is 11.8. The number of thiazole rings is 1. The van der Waals surface area contributed by atoms with Crippen molar-refractivity contribution >= 4 is 49.8 Å². The number of aryl methyl sites for hydroxylation is 2. The number of fused-ring (bicyclic) bond motifs is 2. The largest absolute Gasteiger partial charge is 0.360 e. The second-order valence-electron chi connectivity index (χ2n) is 10.1. The van der Waals surface area contributed by atoms with Crippen molar-refractivity contribution < 1.29 is 9.53 Å². The molecule has 0 unspecified atom stereocenters. The maximum Gasteiger partial charge on any atom is 0.163 e. The maximum atomic E-state index is 12.9. The van der Waals surface area contributed by atoms with Crippen LogP contribution in [0.4, 0.5) is 0 Å². The molecule has 0 amide bonds. The summed E-state index contributed by atoms with van der Waals surface area (Å²) in [6.45, 7) is 9.53. The normalized spacial score (nSPS) is 13.0. The molecule has 1 atom stereocenters. The third-order valence-corrected chi connectivity index (χ3v) is 7.55. The molecule has 2 heterocycles. The zero-order chi connectivity index (χ0) is 25.8. The molecule has 2 aromatic heterocycles. The molecule has 5 aromatic rings. The number of Topliss-reactive ketones (excluding diaryl/α,β-unsaturated/α-hetero) is 1. The lowest BCUT2D eigenvalue weighted by atomic mass is 9.90. The van der Waals surface area contributed by atoms with Gasteiger partial charge in [-0.2, -0.15) is 5.10 Å². The van der Waals surface area contributed by atoms with E-state index in [1.54, 1.807) is 18.3 Å². The molecule has 0 spiro atoms. The van der Waals surface area contributed by atoms with Crippen molar-refractivity contribution in [2.45, 2.75) is 46.3 Å². The Morgan fingerprint density at radius 3 is 2.44 bits per heavy atom. The van der Waals surface area contributed by atoms with Crippen molar-refractivity contribution in [2.24, 2.45) is 7.05 Å². The lowest BCUT2D eigenvalue weighted by Crippen LogP contribution is -2.27. The van der Waals surface area contributed by atoms with Crippen molar-refractivity contribution in [1.82, 2.24) is 14.8 Å². The van der Waals surface area contributed by atoms with Crippen LogP contribution in [0, 0.1) is 6.92 Å². The van der Waals surface area contributed by atoms with Crippen molar-refractivity contribution in [3.8, 4) is 21.7 Å². The van der Waals surface area contributed by atoms with Crippen molar-refractivity contribution in [1.29, 1.82) is 0 Å². The van der Waals surface area contributed by atoms with E-state index in [2.05, 4.69) is 29.4 Å². The van der Waals surface area contributed by atoms with Gasteiger partial charge in [-0.15, -0.1) is 11.3 Å². The molecule has 0 saturated heterocycles. The van der Waals surface area contributed by atoms with Gasteiger partial charge in [-0.1, -0.05) is 23.7 Å². The second kappa shape index (κ2) is 9.11. The minimum atomic E-state index is -0.697. The fourth-order valence-corrected chi connectivity index (χ4v) is 5.82. The van der Waals surface area contributed by atoms with Crippen LogP contribution < -0.4 is 0 Å². The zero-order valence-electron chi connectivity index (χ0n) is 21.2. The van der Waals surface area contributed by atoms with Gasteiger partial charge in [0.2, 0.25) is 0 Å². The van der Waals surface area contributed by atoms with Crippen LogP contribution in [0.15, 0.2) is 54.7 Å². The molecule has 0 bridgehead atoms. The molecule has 3 aromatic carbocycles. The van der Waals surface area contributed by atoms with Crippen LogP contribution in [0.2, 0.25) is 5.02 Å². The lowest BCUT2D eigenvalue weighted by molar-refractivity contribution is -0.138. The summed E-state index contributed by atoms with van der Waals surface area (Å²) >= 11 is 7.85. The third-order valence-electron chi connectivity index (χ3n) is 6.16. The van der Waals surface area contributed by atoms with E-state index in [1.165, 1.54) is 0 Å². The Morgan fingerprint density at radius 2 is 1.78 bits per heavy atom. The summed E-state index contributed by atoms with van der Waals surface area (Å²) in [7, 11) is 1.94. The van der Waals surface area contributed by atoms with Crippen molar-refractivity contribution in [3.63, 3.8) is 0 Å². The Hall–Kier alpha value is -3.06. The topological polar surface area (TPSA) is 57.0 Å². The number of carbonyl (C=O) groups excluding carboxylic acids is 1. The standard InChI is InChI=1S/C29H28ClN3O2S/c1-16-13-22-27(36-28(32-22)19-9-12-23-20(14-19)15-31-33(23)6)25(18-7-10-21(30)11-8-18)24(16)26(17(2)34)35-29(3,4)5/h7-15,26H,1-6H3/t26-/m1/s1. The van der Waals surface area contributed by atoms with Crippen molar-refractivity contribution in [3.05, 3.63) is 70.9 Å². The minimum absolute atomic E-state index is 0.0330. The summed E-state index contributed by atoms with van der Waals surface area (Å²) in [6, 6.07) is 16.1. The number of benzene rings is 3. The summed E-state index contributed by atoms with van der Waals surface area (Å²) in [5.41, 5.74) is 6.30. The average Bonchev–Trinajstić information content (AvgIpc) is 3.40. The molecule has 184 valence electrons. The molecule has 36 heavy (non-hydrogen) atoms. The number of aromatic nitrogens is 3. The smallest absolute Gasteiger partial charge is 0.163 e. The predicted molar refractivity (Wildman–Crippen MR) is 149 cm³/mol. The highest BCUT2D eigenvalue weighted by atomic mass is 35.5. The molecule has 0 saturated carbocycles. The minimum Gasteiger partial charge on any atom is -0.360 e. The van der Waals surface area contributed by atoms with Crippen LogP contribution in [0.25, 0.3) is 42.8 Å². The highest BCUT2D eigenvalue weighted by Crippen LogP contribution is 2.44. The van der Waals surface area contributed by atoms with Gasteiger partial charge in [0.25, 0.3) is 0 Å². The number of rotatable bonds is 5. The SMILES string of the molecule is CC(=O)[C@@H](OC(C)(C)C)c1c(C)cc2nc(-c3ccc4c(cnn4C)c3)sc2c1-c1ccc(Cl)cc1. The molecule has 0 aliphatic rings. The first kappa shape index (κ1) is 24.6. The van der Waals surface area contributed by atoms with Gasteiger partial charge in [0.1, 0.15) is 11.1 Å². The average molecular weight is 518 g/mol. The fraction of sp³-hybridized carbons (Fsp3) is 0.276. The molecule has 0 fully saturated rings. The van der Waals surface area contributed by atoms with E-state index >= 15 is 0 Å². The van der Waals surface area contributed by atoms with E-state index in [0.717, 1.165) is 53.9 Å². The molecule has 0 radical (unpaired) electrons. The molecule has 0 N–H and O–H groups in total. The van der Waals surface area contributed by atoms with Crippen LogP contribution in [0.1, 0.15) is 44.9 Å². The summed E-state index contributed by atoms with van der Waals surface area (Å²) in [5.74, 6) is -0.0330. The molecule has 5 nitrogen and oxygen atoms in total. The van der Waals surface area contributed by atoms with E-state index in [4.69, 9.17) is 21.3 Å². The summed E-state index contributed by atoms with van der Waals surface area (Å²) < 4.78 is 9.22. The summed E-state index contributed by atoms with van der Waals surface area (Å²) in [4.78, 5) is 18.0. The molecular formula is C29H28ClN3O2S. The Bertz CT molecular complexity index is 1610. The van der Waals surface area contributed by atoms with E-state index in [-0.39, 0.29) is 5.78 Å². The highest BCUT2D eigenvalue weighted by Gasteiger charge is 2.30. The molecule has 7 heteroatoms. The number of ether oxygens (including phenoxy) is 1. The molecule has 0 aliphatic heterocycles. The van der Waals surface area contributed by atoms with Crippen molar-refractivity contribution in [2.75, 3.05) is 0 Å². The Balaban J connectivity index is 1.78. The lowest BCUT2D eigenvalue weighted by Gasteiger charge is -2.29. The third kappa shape index (κ3) is 4.57. The summed E-state index contributed by atoms with van der Waals surface area (Å²) in [6.07, 6.45) is 1.17. The zero-order valence-corrected chi connectivity index (χ0v) is 22.8. The molecular weight excluding hydrogens is 490 g/mol. The number of ketones is 1. The molecule has 0 aliphatic carbocycles. The first-order chi connectivity index (χ1) is 17.0. The van der Waals surface area contributed by atoms with Gasteiger partial charge in [-0.05, 0) is 82.1 Å². The van der Waals surface area contributed by atoms with Gasteiger partial charge in [0.15, 0.2) is 5.78 Å². The Labute approximate surface area is 219 Å². The van der Waals surface area contributed by atoms with Gasteiger partial charge in [-0.25, -0.2) is 4.98 Å². The Morgan fingerprint density at radius 1 is 1.08 bits per heavy atom. The van der Waals surface area contributed by atoms with Gasteiger partial charge in [0.05, 0.1) is 27.5 Å². The van der Waals surface area contributed by atoms with E-state index in [0.29, 0.717) is 5.02 Å². The summed E-state index contributed by atoms with van der Waals surface area (Å²) in [5, 5.41) is 7.01. The van der Waals surface area contributed by atoms with E-state index in [9.17, 15) is 4.79 Å². The molecule has 5 rings (SSSR count). The fourth-order valence-electron chi connectivity index (χ4n) is 4.57. The van der Waals surface area contributed by atoms with Gasteiger partial charge in [-0.3, -0.25) is 9.48 Å². The van der Waals surface area contributed by atoms with Crippen LogP contribution in [0.5, 0.6) is 0 Å². The Kier molecular flexibility index (Phi) is 6.23. The second-order valence-corrected chi connectivity index (χ2v) is 11.6. The highest BCUT2D eigenvalue weighted by molar-refractivity contribution is 7.22. The predicted octanol–water partition coefficient (Wildman–Crippen LogP) is 7.92. The van der Waals surface area contributed by atoms with Gasteiger partial charge >= 0.3 is 0 Å². The first-order valence-corrected chi connectivity index (χ1v) is 13.0. The quantitative estimate of drug-likeness (QED) is 0.237. The van der Waals surface area contributed by atoms with E-state index in [1.807, 2.05) is 69.9 Å². The number of halogens is 1. The number of nitrogens with zero attached hydrogens (tertiary/aromatic N) is 3.